The maximum Gasteiger partial charge on any atom is 0.236 e. The lowest BCUT2D eigenvalue weighted by molar-refractivity contribution is 0.250. The molecule has 0 saturated carbocycles. The van der Waals surface area contributed by atoms with Gasteiger partial charge in [-0.15, -0.1) is 0 Å². The minimum absolute atomic E-state index is 0.0455. The Morgan fingerprint density at radius 2 is 2.20 bits per heavy atom. The van der Waals surface area contributed by atoms with Crippen LogP contribution in [0.2, 0.25) is 0 Å². The van der Waals surface area contributed by atoms with Gasteiger partial charge < -0.3 is 5.73 Å². The van der Waals surface area contributed by atoms with Crippen LogP contribution in [-0.2, 0) is 10.0 Å². The number of rotatable bonds is 3. The molecule has 0 spiro atoms. The van der Waals surface area contributed by atoms with Crippen molar-refractivity contribution < 1.29 is 8.42 Å². The molecular formula is C14H19BrN2O2S. The maximum atomic E-state index is 12.3. The summed E-state index contributed by atoms with van der Waals surface area (Å²) in [6, 6.07) is 7.58. The molecule has 1 aliphatic rings. The van der Waals surface area contributed by atoms with Gasteiger partial charge in [-0.1, -0.05) is 28.1 Å². The van der Waals surface area contributed by atoms with Crippen molar-refractivity contribution in [2.45, 2.75) is 31.8 Å². The summed E-state index contributed by atoms with van der Waals surface area (Å²) in [6.07, 6.45) is 3.06. The molecule has 2 atom stereocenters. The SMILES string of the molecule is CC1CC(N)CCN1S(=O)(=O)/C=C/c1cccc(Br)c1. The molecule has 0 bridgehead atoms. The van der Waals surface area contributed by atoms with Crippen molar-refractivity contribution in [2.75, 3.05) is 6.54 Å². The van der Waals surface area contributed by atoms with Gasteiger partial charge >= 0.3 is 0 Å². The normalized spacial score (nSPS) is 25.1. The zero-order chi connectivity index (χ0) is 14.8. The first-order valence-corrected chi connectivity index (χ1v) is 8.89. The first-order valence-electron chi connectivity index (χ1n) is 6.59. The average molecular weight is 359 g/mol. The van der Waals surface area contributed by atoms with Gasteiger partial charge in [-0.25, -0.2) is 8.42 Å². The lowest BCUT2D eigenvalue weighted by Crippen LogP contribution is -2.47. The molecule has 0 aromatic heterocycles. The molecule has 0 aliphatic carbocycles. The van der Waals surface area contributed by atoms with E-state index in [1.165, 1.54) is 9.71 Å². The first kappa shape index (κ1) is 15.7. The highest BCUT2D eigenvalue weighted by atomic mass is 79.9. The van der Waals surface area contributed by atoms with Crippen LogP contribution in [0.1, 0.15) is 25.3 Å². The van der Waals surface area contributed by atoms with Crippen molar-refractivity contribution in [2.24, 2.45) is 5.73 Å². The van der Waals surface area contributed by atoms with E-state index in [4.69, 9.17) is 5.73 Å². The molecule has 4 nitrogen and oxygen atoms in total. The van der Waals surface area contributed by atoms with E-state index in [1.807, 2.05) is 31.2 Å². The Kier molecular flexibility index (Phi) is 5.01. The van der Waals surface area contributed by atoms with Crippen molar-refractivity contribution in [1.29, 1.82) is 0 Å². The standard InChI is InChI=1S/C14H19BrN2O2S/c1-11-9-14(16)5-7-17(11)20(18,19)8-6-12-3-2-4-13(15)10-12/h2-4,6,8,10-11,14H,5,7,9,16H2,1H3/b8-6+. The van der Waals surface area contributed by atoms with E-state index in [0.717, 1.165) is 10.0 Å². The van der Waals surface area contributed by atoms with Gasteiger partial charge in [0.1, 0.15) is 0 Å². The van der Waals surface area contributed by atoms with E-state index in [9.17, 15) is 8.42 Å². The molecule has 1 heterocycles. The largest absolute Gasteiger partial charge is 0.328 e. The first-order chi connectivity index (χ1) is 9.38. The van der Waals surface area contributed by atoms with Crippen LogP contribution in [0.4, 0.5) is 0 Å². The van der Waals surface area contributed by atoms with Crippen molar-refractivity contribution in [3.8, 4) is 0 Å². The molecule has 20 heavy (non-hydrogen) atoms. The van der Waals surface area contributed by atoms with Gasteiger partial charge in [-0.3, -0.25) is 0 Å². The summed E-state index contributed by atoms with van der Waals surface area (Å²) >= 11 is 3.37. The molecule has 1 saturated heterocycles. The smallest absolute Gasteiger partial charge is 0.236 e. The summed E-state index contributed by atoms with van der Waals surface area (Å²) in [5, 5.41) is 1.28. The highest BCUT2D eigenvalue weighted by Crippen LogP contribution is 2.21. The summed E-state index contributed by atoms with van der Waals surface area (Å²) in [5.74, 6) is 0. The van der Waals surface area contributed by atoms with E-state index < -0.39 is 10.0 Å². The Labute approximate surface area is 128 Å². The van der Waals surface area contributed by atoms with Gasteiger partial charge in [0.25, 0.3) is 0 Å². The van der Waals surface area contributed by atoms with E-state index in [0.29, 0.717) is 19.4 Å². The number of halogens is 1. The van der Waals surface area contributed by atoms with E-state index in [-0.39, 0.29) is 12.1 Å². The summed E-state index contributed by atoms with van der Waals surface area (Å²) in [5.41, 5.74) is 6.72. The van der Waals surface area contributed by atoms with Gasteiger partial charge in [0.05, 0.1) is 0 Å². The minimum Gasteiger partial charge on any atom is -0.328 e. The van der Waals surface area contributed by atoms with E-state index in [1.54, 1.807) is 6.08 Å². The summed E-state index contributed by atoms with van der Waals surface area (Å²) in [4.78, 5) is 0. The van der Waals surface area contributed by atoms with Crippen molar-refractivity contribution in [3.05, 3.63) is 39.7 Å². The number of nitrogens with two attached hydrogens (primary N) is 1. The Balaban J connectivity index is 2.15. The fourth-order valence-electron chi connectivity index (χ4n) is 2.42. The third-order valence-electron chi connectivity index (χ3n) is 3.46. The molecule has 1 aromatic carbocycles. The number of benzene rings is 1. The van der Waals surface area contributed by atoms with Gasteiger partial charge in [0.2, 0.25) is 10.0 Å². The molecule has 6 heteroatoms. The van der Waals surface area contributed by atoms with E-state index >= 15 is 0 Å². The van der Waals surface area contributed by atoms with Crippen LogP contribution in [0.5, 0.6) is 0 Å². The van der Waals surface area contributed by atoms with Crippen LogP contribution in [0.3, 0.4) is 0 Å². The number of hydrogen-bond donors (Lipinski definition) is 1. The van der Waals surface area contributed by atoms with E-state index in [2.05, 4.69) is 15.9 Å². The van der Waals surface area contributed by atoms with Crippen LogP contribution < -0.4 is 5.73 Å². The second kappa shape index (κ2) is 6.39. The van der Waals surface area contributed by atoms with Crippen molar-refractivity contribution >= 4 is 32.0 Å². The highest BCUT2D eigenvalue weighted by Gasteiger charge is 2.30. The lowest BCUT2D eigenvalue weighted by Gasteiger charge is -2.34. The average Bonchev–Trinajstić information content (AvgIpc) is 2.36. The third-order valence-corrected chi connectivity index (χ3v) is 5.63. The van der Waals surface area contributed by atoms with Gasteiger partial charge in [0.15, 0.2) is 0 Å². The summed E-state index contributed by atoms with van der Waals surface area (Å²) in [7, 11) is -3.39. The lowest BCUT2D eigenvalue weighted by atomic mass is 10.0. The van der Waals surface area contributed by atoms with Crippen molar-refractivity contribution in [1.82, 2.24) is 4.31 Å². The Morgan fingerprint density at radius 1 is 1.45 bits per heavy atom. The van der Waals surface area contributed by atoms with Crippen LogP contribution in [-0.4, -0.2) is 31.4 Å². The molecular weight excluding hydrogens is 340 g/mol. The fourth-order valence-corrected chi connectivity index (χ4v) is 4.27. The Bertz CT molecular complexity index is 601. The molecule has 1 aromatic rings. The topological polar surface area (TPSA) is 63.4 Å². The second-order valence-corrected chi connectivity index (χ2v) is 7.83. The number of hydrogen-bond acceptors (Lipinski definition) is 3. The minimum atomic E-state index is -3.39. The fraction of sp³-hybridized carbons (Fsp3) is 0.429. The molecule has 0 radical (unpaired) electrons. The predicted molar refractivity (Wildman–Crippen MR) is 85.5 cm³/mol. The summed E-state index contributed by atoms with van der Waals surface area (Å²) in [6.45, 7) is 2.40. The highest BCUT2D eigenvalue weighted by molar-refractivity contribution is 9.10. The second-order valence-electron chi connectivity index (χ2n) is 5.15. The van der Waals surface area contributed by atoms with Crippen LogP contribution >= 0.6 is 15.9 Å². The molecule has 1 fully saturated rings. The van der Waals surface area contributed by atoms with Crippen LogP contribution in [0.15, 0.2) is 34.1 Å². The molecule has 0 amide bonds. The van der Waals surface area contributed by atoms with Gasteiger partial charge in [-0.2, -0.15) is 4.31 Å². The maximum absolute atomic E-state index is 12.3. The molecule has 2 N–H and O–H groups in total. The number of nitrogens with zero attached hydrogens (tertiary/aromatic N) is 1. The zero-order valence-corrected chi connectivity index (χ0v) is 13.8. The molecule has 2 unspecified atom stereocenters. The monoisotopic (exact) mass is 358 g/mol. The molecule has 1 aliphatic heterocycles. The molecule has 110 valence electrons. The quantitative estimate of drug-likeness (QED) is 0.902. The van der Waals surface area contributed by atoms with Crippen molar-refractivity contribution in [3.63, 3.8) is 0 Å². The predicted octanol–water partition coefficient (Wildman–Crippen LogP) is 2.56. The Morgan fingerprint density at radius 3 is 2.85 bits per heavy atom. The molecule has 2 rings (SSSR count). The van der Waals surface area contributed by atoms with Gasteiger partial charge in [-0.05, 0) is 43.5 Å². The van der Waals surface area contributed by atoms with Crippen LogP contribution in [0.25, 0.3) is 6.08 Å². The number of piperidine rings is 1. The Hall–Kier alpha value is -0.690. The third kappa shape index (κ3) is 3.91. The van der Waals surface area contributed by atoms with Gasteiger partial charge in [0, 0.05) is 28.5 Å². The van der Waals surface area contributed by atoms with Crippen LogP contribution in [0, 0.1) is 0 Å². The zero-order valence-electron chi connectivity index (χ0n) is 11.4. The number of sulfonamides is 1. The summed E-state index contributed by atoms with van der Waals surface area (Å²) < 4.78 is 27.2.